The van der Waals surface area contributed by atoms with Crippen molar-refractivity contribution >= 4 is 0 Å². The first-order chi connectivity index (χ1) is 15.7. The molecule has 161 valence electrons. The summed E-state index contributed by atoms with van der Waals surface area (Å²) < 4.78 is 0. The van der Waals surface area contributed by atoms with Crippen LogP contribution < -0.4 is 0 Å². The molecule has 1 radical (unpaired) electrons. The van der Waals surface area contributed by atoms with Crippen molar-refractivity contribution in [1.29, 1.82) is 0 Å². The highest BCUT2D eigenvalue weighted by atomic mass is 14.3. The second-order valence-corrected chi connectivity index (χ2v) is 8.83. The summed E-state index contributed by atoms with van der Waals surface area (Å²) >= 11 is 0. The average molecular weight is 418 g/mol. The van der Waals surface area contributed by atoms with E-state index >= 15 is 0 Å². The lowest BCUT2D eigenvalue weighted by atomic mass is 9.74. The lowest BCUT2D eigenvalue weighted by molar-refractivity contribution is 0.461. The molecule has 32 heavy (non-hydrogen) atoms. The van der Waals surface area contributed by atoms with Gasteiger partial charge in [-0.1, -0.05) is 128 Å². The average Bonchev–Trinajstić information content (AvgIpc) is 2.88. The van der Waals surface area contributed by atoms with Gasteiger partial charge in [0.15, 0.2) is 0 Å². The topological polar surface area (TPSA) is 0 Å². The van der Waals surface area contributed by atoms with Crippen LogP contribution in [0.15, 0.2) is 121 Å². The molecule has 4 rings (SSSR count). The molecule has 0 heterocycles. The van der Waals surface area contributed by atoms with Crippen molar-refractivity contribution in [3.63, 3.8) is 0 Å². The maximum atomic E-state index is 4.64. The summed E-state index contributed by atoms with van der Waals surface area (Å²) in [5.74, 6) is 1.53. The predicted molar refractivity (Wildman–Crippen MR) is 137 cm³/mol. The molecule has 0 saturated carbocycles. The van der Waals surface area contributed by atoms with Crippen molar-refractivity contribution in [2.45, 2.75) is 43.4 Å². The quantitative estimate of drug-likeness (QED) is 0.255. The zero-order valence-corrected chi connectivity index (χ0v) is 19.0. The zero-order valence-electron chi connectivity index (χ0n) is 19.0. The summed E-state index contributed by atoms with van der Waals surface area (Å²) in [7, 11) is 0. The standard InChI is InChI=1S/C32H33/c1-25(27-15-7-3-8-16-27)31(29-19-11-5-12-20-29)23-24-32(30-21-13-6-14-22-30)26(2)28-17-9-4-10-18-28/h3-22,25-26,31-32H,1,23-24H2,2H3. The third-order valence-electron chi connectivity index (χ3n) is 6.89. The SMILES string of the molecule is [CH2]C(c1ccccc1)C(CCC(c1ccccc1)C(C)c1ccccc1)c1ccccc1. The maximum absolute atomic E-state index is 4.64. The summed E-state index contributed by atoms with van der Waals surface area (Å²) in [5, 5.41) is 0. The summed E-state index contributed by atoms with van der Waals surface area (Å²) in [6.07, 6.45) is 2.22. The van der Waals surface area contributed by atoms with Gasteiger partial charge in [-0.2, -0.15) is 0 Å². The van der Waals surface area contributed by atoms with E-state index in [9.17, 15) is 0 Å². The molecule has 0 amide bonds. The minimum absolute atomic E-state index is 0.224. The van der Waals surface area contributed by atoms with E-state index in [-0.39, 0.29) is 5.92 Å². The number of hydrogen-bond acceptors (Lipinski definition) is 0. The van der Waals surface area contributed by atoms with Crippen LogP contribution in [0.3, 0.4) is 0 Å². The Kier molecular flexibility index (Phi) is 7.56. The molecule has 0 heteroatoms. The molecule has 0 aromatic heterocycles. The van der Waals surface area contributed by atoms with Gasteiger partial charge in [0, 0.05) is 0 Å². The Morgan fingerprint density at radius 1 is 0.469 bits per heavy atom. The van der Waals surface area contributed by atoms with Crippen molar-refractivity contribution in [3.05, 3.63) is 151 Å². The van der Waals surface area contributed by atoms with E-state index in [0.717, 1.165) is 12.8 Å². The van der Waals surface area contributed by atoms with Crippen LogP contribution in [0.4, 0.5) is 0 Å². The third kappa shape index (κ3) is 5.37. The number of benzene rings is 4. The van der Waals surface area contributed by atoms with Gasteiger partial charge in [0.25, 0.3) is 0 Å². The molecular formula is C32H33. The molecule has 0 aliphatic rings. The van der Waals surface area contributed by atoms with Gasteiger partial charge in [0.1, 0.15) is 0 Å². The predicted octanol–water partition coefficient (Wildman–Crippen LogP) is 8.76. The first kappa shape index (κ1) is 22.1. The molecule has 0 aliphatic heterocycles. The molecule has 0 nitrogen and oxygen atoms in total. The van der Waals surface area contributed by atoms with Crippen LogP contribution in [-0.2, 0) is 0 Å². The first-order valence-electron chi connectivity index (χ1n) is 11.8. The van der Waals surface area contributed by atoms with E-state index in [4.69, 9.17) is 0 Å². The molecule has 0 aliphatic carbocycles. The maximum Gasteiger partial charge on any atom is -0.00929 e. The van der Waals surface area contributed by atoms with Crippen LogP contribution >= 0.6 is 0 Å². The second kappa shape index (κ2) is 11.0. The molecule has 4 atom stereocenters. The Hall–Kier alpha value is -3.12. The zero-order chi connectivity index (χ0) is 22.2. The van der Waals surface area contributed by atoms with Gasteiger partial charge in [-0.3, -0.25) is 0 Å². The molecule has 4 unspecified atom stereocenters. The van der Waals surface area contributed by atoms with Gasteiger partial charge in [-0.25, -0.2) is 0 Å². The first-order valence-corrected chi connectivity index (χ1v) is 11.8. The lowest BCUT2D eigenvalue weighted by Crippen LogP contribution is -2.14. The molecule has 0 fully saturated rings. The van der Waals surface area contributed by atoms with Gasteiger partial charge in [0.2, 0.25) is 0 Å². The van der Waals surface area contributed by atoms with Gasteiger partial charge < -0.3 is 0 Å². The molecule has 4 aromatic rings. The van der Waals surface area contributed by atoms with Crippen molar-refractivity contribution < 1.29 is 0 Å². The lowest BCUT2D eigenvalue weighted by Gasteiger charge is -2.30. The Morgan fingerprint density at radius 2 is 0.812 bits per heavy atom. The normalized spacial score (nSPS) is 14.9. The molecule has 4 aromatic carbocycles. The van der Waals surface area contributed by atoms with E-state index < -0.39 is 0 Å². The van der Waals surface area contributed by atoms with Crippen LogP contribution in [0.25, 0.3) is 0 Å². The summed E-state index contributed by atoms with van der Waals surface area (Å²) in [4.78, 5) is 0. The minimum atomic E-state index is 0.224. The van der Waals surface area contributed by atoms with Crippen molar-refractivity contribution in [2.24, 2.45) is 0 Å². The Morgan fingerprint density at radius 3 is 1.28 bits per heavy atom. The Labute approximate surface area is 194 Å². The summed E-state index contributed by atoms with van der Waals surface area (Å²) in [6, 6.07) is 43.7. The van der Waals surface area contributed by atoms with Crippen molar-refractivity contribution in [3.8, 4) is 0 Å². The van der Waals surface area contributed by atoms with Gasteiger partial charge >= 0.3 is 0 Å². The van der Waals surface area contributed by atoms with E-state index in [0.29, 0.717) is 17.8 Å². The fourth-order valence-electron chi connectivity index (χ4n) is 4.99. The molecule has 0 N–H and O–H groups in total. The monoisotopic (exact) mass is 417 g/mol. The highest BCUT2D eigenvalue weighted by Crippen LogP contribution is 2.42. The van der Waals surface area contributed by atoms with E-state index in [2.05, 4.69) is 135 Å². The van der Waals surface area contributed by atoms with E-state index in [1.165, 1.54) is 22.3 Å². The largest absolute Gasteiger partial charge is 0.0622 e. The molecule has 0 spiro atoms. The van der Waals surface area contributed by atoms with Gasteiger partial charge in [0.05, 0.1) is 0 Å². The summed E-state index contributed by atoms with van der Waals surface area (Å²) in [6.45, 7) is 7.02. The van der Waals surface area contributed by atoms with E-state index in [1.54, 1.807) is 0 Å². The molecular weight excluding hydrogens is 384 g/mol. The minimum Gasteiger partial charge on any atom is -0.0622 e. The highest BCUT2D eigenvalue weighted by molar-refractivity contribution is 5.31. The summed E-state index contributed by atoms with van der Waals surface area (Å²) in [5.41, 5.74) is 5.53. The van der Waals surface area contributed by atoms with Gasteiger partial charge in [-0.15, -0.1) is 0 Å². The molecule has 0 saturated heterocycles. The van der Waals surface area contributed by atoms with Crippen LogP contribution in [0, 0.1) is 6.92 Å². The molecule has 0 bridgehead atoms. The van der Waals surface area contributed by atoms with Crippen molar-refractivity contribution in [1.82, 2.24) is 0 Å². The van der Waals surface area contributed by atoms with Gasteiger partial charge in [-0.05, 0) is 65.7 Å². The van der Waals surface area contributed by atoms with Crippen molar-refractivity contribution in [2.75, 3.05) is 0 Å². The smallest absolute Gasteiger partial charge is 0.00929 e. The van der Waals surface area contributed by atoms with Crippen LogP contribution in [0.1, 0.15) is 65.7 Å². The second-order valence-electron chi connectivity index (χ2n) is 8.83. The van der Waals surface area contributed by atoms with Crippen LogP contribution in [0.5, 0.6) is 0 Å². The highest BCUT2D eigenvalue weighted by Gasteiger charge is 2.26. The number of hydrogen-bond donors (Lipinski definition) is 0. The van der Waals surface area contributed by atoms with E-state index in [1.807, 2.05) is 0 Å². The van der Waals surface area contributed by atoms with Crippen LogP contribution in [-0.4, -0.2) is 0 Å². The third-order valence-corrected chi connectivity index (χ3v) is 6.89. The fourth-order valence-corrected chi connectivity index (χ4v) is 4.99. The van der Waals surface area contributed by atoms with Crippen LogP contribution in [0.2, 0.25) is 0 Å². The number of rotatable bonds is 9. The Balaban J connectivity index is 1.62. The Bertz CT molecular complexity index is 949. The fraction of sp³-hybridized carbons (Fsp3) is 0.219.